The largest absolute Gasteiger partial charge is 0.493 e. The number of esters is 1. The summed E-state index contributed by atoms with van der Waals surface area (Å²) in [6.45, 7) is 20.4. The first-order valence-corrected chi connectivity index (χ1v) is 19.9. The van der Waals surface area contributed by atoms with Gasteiger partial charge in [0.1, 0.15) is 29.8 Å². The van der Waals surface area contributed by atoms with Crippen LogP contribution in [0.3, 0.4) is 0 Å². The molecule has 9 nitrogen and oxygen atoms in total. The molecule has 0 radical (unpaired) electrons. The Bertz CT molecular complexity index is 1700. The number of ether oxygens (including phenoxy) is 4. The fourth-order valence-electron chi connectivity index (χ4n) is 6.85. The van der Waals surface area contributed by atoms with Gasteiger partial charge >= 0.3 is 5.97 Å². The van der Waals surface area contributed by atoms with E-state index in [0.717, 1.165) is 52.1 Å². The maximum atomic E-state index is 12.2. The van der Waals surface area contributed by atoms with Gasteiger partial charge in [0, 0.05) is 36.3 Å². The number of rotatable bonds is 23. The van der Waals surface area contributed by atoms with E-state index in [9.17, 15) is 10.1 Å². The maximum absolute atomic E-state index is 12.2. The van der Waals surface area contributed by atoms with E-state index in [-0.39, 0.29) is 31.0 Å². The van der Waals surface area contributed by atoms with Crippen LogP contribution in [0.1, 0.15) is 80.7 Å². The van der Waals surface area contributed by atoms with Crippen molar-refractivity contribution in [1.29, 1.82) is 5.26 Å². The molecular weight excluding hydrogens is 700 g/mol. The van der Waals surface area contributed by atoms with E-state index < -0.39 is 5.60 Å². The van der Waals surface area contributed by atoms with Crippen LogP contribution in [0.15, 0.2) is 67.2 Å². The van der Waals surface area contributed by atoms with Gasteiger partial charge in [0.15, 0.2) is 0 Å². The van der Waals surface area contributed by atoms with Gasteiger partial charge < -0.3 is 29.2 Å². The number of pyridine rings is 1. The summed E-state index contributed by atoms with van der Waals surface area (Å²) in [6.07, 6.45) is 8.01. The SMILES string of the molecule is C=C(OCc1cncc(C#N)c1)C(CCCNCC(=O)OCC(C)C)(OCc1cccc(-c2cccc(OCCCN3CCCC3)c2C)c1C)C(C)CCl. The van der Waals surface area contributed by atoms with Crippen molar-refractivity contribution in [3.05, 3.63) is 95.0 Å². The lowest BCUT2D eigenvalue weighted by Crippen LogP contribution is -2.44. The Hall–Kier alpha value is -3.94. The lowest BCUT2D eigenvalue weighted by Gasteiger charge is -2.40. The first-order valence-electron chi connectivity index (χ1n) is 19.3. The van der Waals surface area contributed by atoms with Gasteiger partial charge in [-0.1, -0.05) is 57.7 Å². The molecule has 54 heavy (non-hydrogen) atoms. The molecule has 1 saturated heterocycles. The zero-order chi connectivity index (χ0) is 38.9. The van der Waals surface area contributed by atoms with Gasteiger partial charge in [-0.25, -0.2) is 0 Å². The van der Waals surface area contributed by atoms with Gasteiger partial charge in [-0.2, -0.15) is 5.26 Å². The second-order valence-corrected chi connectivity index (χ2v) is 15.1. The number of likely N-dealkylation sites (tertiary alicyclic amines) is 1. The summed E-state index contributed by atoms with van der Waals surface area (Å²) < 4.78 is 24.9. The zero-order valence-electron chi connectivity index (χ0n) is 32.9. The first-order chi connectivity index (χ1) is 26.1. The molecule has 10 heteroatoms. The van der Waals surface area contributed by atoms with Crippen LogP contribution in [0.25, 0.3) is 11.1 Å². The molecular formula is C44H59ClN4O5. The number of aromatic nitrogens is 1. The number of hydrogen-bond acceptors (Lipinski definition) is 9. The highest BCUT2D eigenvalue weighted by Gasteiger charge is 2.41. The molecule has 1 aromatic heterocycles. The van der Waals surface area contributed by atoms with E-state index in [1.165, 1.54) is 32.1 Å². The first kappa shape index (κ1) is 42.8. The minimum Gasteiger partial charge on any atom is -0.493 e. The Morgan fingerprint density at radius 2 is 1.78 bits per heavy atom. The fourth-order valence-corrected chi connectivity index (χ4v) is 7.10. The third-order valence-corrected chi connectivity index (χ3v) is 10.6. The van der Waals surface area contributed by atoms with Crippen molar-refractivity contribution in [3.8, 4) is 22.9 Å². The number of hydrogen-bond donors (Lipinski definition) is 1. The molecule has 2 atom stereocenters. The summed E-state index contributed by atoms with van der Waals surface area (Å²) in [5, 5.41) is 12.6. The number of carbonyl (C=O) groups excluding carboxylic acids is 1. The molecule has 3 aromatic rings. The summed E-state index contributed by atoms with van der Waals surface area (Å²) >= 11 is 6.59. The Labute approximate surface area is 328 Å². The molecule has 0 saturated carbocycles. The minimum atomic E-state index is -0.955. The molecule has 2 aromatic carbocycles. The molecule has 0 bridgehead atoms. The molecule has 4 rings (SSSR count). The highest BCUT2D eigenvalue weighted by atomic mass is 35.5. The van der Waals surface area contributed by atoms with E-state index in [4.69, 9.17) is 30.5 Å². The number of nitriles is 1. The summed E-state index contributed by atoms with van der Waals surface area (Å²) in [5.41, 5.74) is 5.78. The summed E-state index contributed by atoms with van der Waals surface area (Å²) in [7, 11) is 0. The van der Waals surface area contributed by atoms with Crippen LogP contribution < -0.4 is 10.1 Å². The van der Waals surface area contributed by atoms with E-state index in [1.807, 2.05) is 20.8 Å². The number of nitrogens with one attached hydrogen (secondary N) is 1. The smallest absolute Gasteiger partial charge is 0.319 e. The summed E-state index contributed by atoms with van der Waals surface area (Å²) in [4.78, 5) is 18.9. The van der Waals surface area contributed by atoms with Gasteiger partial charge in [0.2, 0.25) is 0 Å². The Balaban J connectivity index is 1.51. The highest BCUT2D eigenvalue weighted by molar-refractivity contribution is 6.18. The van der Waals surface area contributed by atoms with Crippen LogP contribution in [0, 0.1) is 37.0 Å². The molecule has 2 heterocycles. The Morgan fingerprint density at radius 1 is 1.04 bits per heavy atom. The van der Waals surface area contributed by atoms with Gasteiger partial charge in [-0.05, 0) is 111 Å². The van der Waals surface area contributed by atoms with Crippen LogP contribution in [-0.4, -0.2) is 73.3 Å². The van der Waals surface area contributed by atoms with E-state index in [0.29, 0.717) is 56.4 Å². The summed E-state index contributed by atoms with van der Waals surface area (Å²) in [5.74, 6) is 1.51. The summed E-state index contributed by atoms with van der Waals surface area (Å²) in [6, 6.07) is 16.5. The standard InChI is InChI=1S/C44H59ClN4O5/c1-32(2)29-53-43(50)28-47-18-11-17-44(33(3)24-45,36(6)52-30-38-23-37(25-46)26-48-27-38)54-31-39-13-9-14-40(34(39)4)41-15-10-16-42(35(41)5)51-22-12-21-49-19-7-8-20-49/h9-10,13-16,23,26-27,32-33,47H,6-8,11-12,17-22,24,28-31H2,1-5H3. The molecule has 0 spiro atoms. The second-order valence-electron chi connectivity index (χ2n) is 14.8. The molecule has 0 aliphatic carbocycles. The highest BCUT2D eigenvalue weighted by Crippen LogP contribution is 2.39. The zero-order valence-corrected chi connectivity index (χ0v) is 33.7. The number of alkyl halides is 1. The van der Waals surface area contributed by atoms with E-state index >= 15 is 0 Å². The average Bonchev–Trinajstić information content (AvgIpc) is 3.70. The topological polar surface area (TPSA) is 106 Å². The van der Waals surface area contributed by atoms with Gasteiger partial charge in [0.25, 0.3) is 0 Å². The number of nitrogens with zero attached hydrogens (tertiary/aromatic N) is 3. The number of carbonyl (C=O) groups is 1. The van der Waals surface area contributed by atoms with E-state index in [2.05, 4.69) is 78.1 Å². The minimum absolute atomic E-state index is 0.127. The molecule has 2 unspecified atom stereocenters. The molecule has 1 aliphatic rings. The van der Waals surface area contributed by atoms with Crippen molar-refractivity contribution < 1.29 is 23.7 Å². The van der Waals surface area contributed by atoms with E-state index in [1.54, 1.807) is 12.3 Å². The van der Waals surface area contributed by atoms with Crippen molar-refractivity contribution in [2.24, 2.45) is 11.8 Å². The fraction of sp³-hybridized carbons (Fsp3) is 0.523. The van der Waals surface area contributed by atoms with Crippen molar-refractivity contribution in [2.45, 2.75) is 85.5 Å². The predicted molar refractivity (Wildman–Crippen MR) is 215 cm³/mol. The van der Waals surface area contributed by atoms with Crippen LogP contribution in [0.4, 0.5) is 0 Å². The van der Waals surface area contributed by atoms with Crippen LogP contribution in [0.2, 0.25) is 0 Å². The molecule has 1 aliphatic heterocycles. The second kappa shape index (κ2) is 21.8. The van der Waals surface area contributed by atoms with Crippen molar-refractivity contribution in [1.82, 2.24) is 15.2 Å². The van der Waals surface area contributed by atoms with Gasteiger partial charge in [0.05, 0.1) is 31.9 Å². The number of benzene rings is 2. The Kier molecular flexibility index (Phi) is 17.3. The lowest BCUT2D eigenvalue weighted by molar-refractivity contribution is -0.143. The third kappa shape index (κ3) is 12.3. The van der Waals surface area contributed by atoms with Crippen LogP contribution in [-0.2, 0) is 32.2 Å². The third-order valence-electron chi connectivity index (χ3n) is 10.2. The monoisotopic (exact) mass is 758 g/mol. The number of halogens is 1. The lowest BCUT2D eigenvalue weighted by atomic mass is 9.83. The van der Waals surface area contributed by atoms with Gasteiger partial charge in [-0.15, -0.1) is 11.6 Å². The quantitative estimate of drug-likeness (QED) is 0.0441. The Morgan fingerprint density at radius 3 is 2.50 bits per heavy atom. The molecule has 292 valence electrons. The average molecular weight is 759 g/mol. The van der Waals surface area contributed by atoms with Crippen LogP contribution >= 0.6 is 11.6 Å². The molecule has 1 fully saturated rings. The molecule has 1 N–H and O–H groups in total. The maximum Gasteiger partial charge on any atom is 0.319 e. The molecule has 0 amide bonds. The van der Waals surface area contributed by atoms with Gasteiger partial charge in [-0.3, -0.25) is 9.78 Å². The van der Waals surface area contributed by atoms with Crippen molar-refractivity contribution in [2.75, 3.05) is 51.8 Å². The predicted octanol–water partition coefficient (Wildman–Crippen LogP) is 8.53. The van der Waals surface area contributed by atoms with Crippen LogP contribution in [0.5, 0.6) is 5.75 Å². The van der Waals surface area contributed by atoms with Crippen molar-refractivity contribution >= 4 is 17.6 Å². The van der Waals surface area contributed by atoms with Crippen molar-refractivity contribution in [3.63, 3.8) is 0 Å². The normalized spacial score (nSPS) is 14.7.